The predicted octanol–water partition coefficient (Wildman–Crippen LogP) is 2.66. The molecule has 0 saturated heterocycles. The molecule has 0 fully saturated rings. The Morgan fingerprint density at radius 2 is 1.62 bits per heavy atom. The number of ether oxygens (including phenoxy) is 1. The molecule has 0 aliphatic carbocycles. The fourth-order valence-corrected chi connectivity index (χ4v) is 1.75. The van der Waals surface area contributed by atoms with Crippen LogP contribution in [0.4, 0.5) is 11.4 Å². The molecule has 5 heteroatoms. The van der Waals surface area contributed by atoms with Gasteiger partial charge in [-0.05, 0) is 24.3 Å². The average molecular weight is 284 g/mol. The summed E-state index contributed by atoms with van der Waals surface area (Å²) in [5.41, 5.74) is 1.25. The van der Waals surface area contributed by atoms with Crippen molar-refractivity contribution < 1.29 is 14.3 Å². The molecule has 0 aliphatic heterocycles. The molecule has 0 unspecified atom stereocenters. The Hall–Kier alpha value is -2.82. The molecule has 21 heavy (non-hydrogen) atoms. The van der Waals surface area contributed by atoms with Crippen molar-refractivity contribution in [3.05, 3.63) is 54.6 Å². The lowest BCUT2D eigenvalue weighted by Gasteiger charge is -2.11. The van der Waals surface area contributed by atoms with E-state index in [0.29, 0.717) is 17.1 Å². The van der Waals surface area contributed by atoms with Crippen LogP contribution >= 0.6 is 0 Å². The van der Waals surface area contributed by atoms with Gasteiger partial charge in [0, 0.05) is 12.6 Å². The Bertz CT molecular complexity index is 626. The Kier molecular flexibility index (Phi) is 4.93. The van der Waals surface area contributed by atoms with Crippen molar-refractivity contribution in [2.24, 2.45) is 0 Å². The quantitative estimate of drug-likeness (QED) is 0.887. The van der Waals surface area contributed by atoms with E-state index < -0.39 is 0 Å². The van der Waals surface area contributed by atoms with Gasteiger partial charge < -0.3 is 15.4 Å². The largest absolute Gasteiger partial charge is 0.482 e. The van der Waals surface area contributed by atoms with Crippen LogP contribution in [0.5, 0.6) is 5.75 Å². The lowest BCUT2D eigenvalue weighted by atomic mass is 10.3. The van der Waals surface area contributed by atoms with E-state index in [1.807, 2.05) is 18.2 Å². The normalized spacial score (nSPS) is 9.76. The van der Waals surface area contributed by atoms with Gasteiger partial charge in [-0.3, -0.25) is 9.59 Å². The summed E-state index contributed by atoms with van der Waals surface area (Å²) in [6.45, 7) is 1.28. The second-order valence-corrected chi connectivity index (χ2v) is 4.38. The van der Waals surface area contributed by atoms with Gasteiger partial charge in [-0.2, -0.15) is 0 Å². The molecule has 2 N–H and O–H groups in total. The lowest BCUT2D eigenvalue weighted by molar-refractivity contribution is -0.118. The first-order valence-electron chi connectivity index (χ1n) is 6.49. The highest BCUT2D eigenvalue weighted by molar-refractivity contribution is 5.92. The molecule has 0 aromatic heterocycles. The summed E-state index contributed by atoms with van der Waals surface area (Å²) in [6, 6.07) is 16.1. The highest BCUT2D eigenvalue weighted by Crippen LogP contribution is 2.23. The van der Waals surface area contributed by atoms with Crippen molar-refractivity contribution >= 4 is 23.2 Å². The van der Waals surface area contributed by atoms with Gasteiger partial charge in [-0.25, -0.2) is 0 Å². The van der Waals surface area contributed by atoms with E-state index in [-0.39, 0.29) is 18.4 Å². The number of rotatable bonds is 5. The minimum absolute atomic E-state index is 0.133. The van der Waals surface area contributed by atoms with Crippen LogP contribution in [-0.4, -0.2) is 18.4 Å². The Balaban J connectivity index is 1.93. The van der Waals surface area contributed by atoms with Crippen LogP contribution in [0.3, 0.4) is 0 Å². The third kappa shape index (κ3) is 4.65. The summed E-state index contributed by atoms with van der Waals surface area (Å²) in [5.74, 6) is -0.00507. The van der Waals surface area contributed by atoms with Gasteiger partial charge in [0.1, 0.15) is 5.75 Å². The predicted molar refractivity (Wildman–Crippen MR) is 81.3 cm³/mol. The second kappa shape index (κ2) is 7.09. The van der Waals surface area contributed by atoms with Crippen molar-refractivity contribution in [3.8, 4) is 5.75 Å². The molecule has 0 atom stereocenters. The summed E-state index contributed by atoms with van der Waals surface area (Å²) in [4.78, 5) is 22.9. The van der Waals surface area contributed by atoms with Crippen LogP contribution in [-0.2, 0) is 9.59 Å². The maximum absolute atomic E-state index is 11.8. The van der Waals surface area contributed by atoms with Gasteiger partial charge in [0.2, 0.25) is 5.91 Å². The third-order valence-electron chi connectivity index (χ3n) is 2.61. The van der Waals surface area contributed by atoms with E-state index >= 15 is 0 Å². The molecule has 0 aliphatic rings. The Morgan fingerprint density at radius 1 is 0.952 bits per heavy atom. The number of anilines is 2. The third-order valence-corrected chi connectivity index (χ3v) is 2.61. The average Bonchev–Trinajstić information content (AvgIpc) is 2.47. The summed E-state index contributed by atoms with van der Waals surface area (Å²) in [5, 5.41) is 5.37. The first kappa shape index (κ1) is 14.6. The number of nitrogens with one attached hydrogen (secondary N) is 2. The van der Waals surface area contributed by atoms with E-state index in [0.717, 1.165) is 0 Å². The molecule has 2 rings (SSSR count). The van der Waals surface area contributed by atoms with E-state index in [1.165, 1.54) is 6.92 Å². The van der Waals surface area contributed by atoms with Crippen LogP contribution in [0.2, 0.25) is 0 Å². The summed E-state index contributed by atoms with van der Waals surface area (Å²) in [7, 11) is 0. The number of para-hydroxylation sites is 3. The van der Waals surface area contributed by atoms with Crippen molar-refractivity contribution in [3.63, 3.8) is 0 Å². The van der Waals surface area contributed by atoms with Gasteiger partial charge >= 0.3 is 0 Å². The van der Waals surface area contributed by atoms with E-state index in [4.69, 9.17) is 4.74 Å². The van der Waals surface area contributed by atoms with E-state index in [1.54, 1.807) is 36.4 Å². The highest BCUT2D eigenvalue weighted by atomic mass is 16.5. The highest BCUT2D eigenvalue weighted by Gasteiger charge is 2.07. The molecule has 5 nitrogen and oxygen atoms in total. The zero-order chi connectivity index (χ0) is 15.1. The monoisotopic (exact) mass is 284 g/mol. The van der Waals surface area contributed by atoms with Gasteiger partial charge in [-0.1, -0.05) is 30.3 Å². The van der Waals surface area contributed by atoms with Crippen LogP contribution in [0, 0.1) is 0 Å². The van der Waals surface area contributed by atoms with E-state index in [9.17, 15) is 9.59 Å². The fraction of sp³-hybridized carbons (Fsp3) is 0.125. The van der Waals surface area contributed by atoms with Gasteiger partial charge in [0.05, 0.1) is 5.69 Å². The van der Waals surface area contributed by atoms with Gasteiger partial charge in [0.15, 0.2) is 6.61 Å². The zero-order valence-electron chi connectivity index (χ0n) is 11.6. The molecule has 0 radical (unpaired) electrons. The zero-order valence-corrected chi connectivity index (χ0v) is 11.6. The standard InChI is InChI=1S/C16H16N2O3/c1-12(19)17-14-9-5-6-10-15(14)21-11-16(20)18-13-7-3-2-4-8-13/h2-10H,11H2,1H3,(H,17,19)(H,18,20). The molecule has 108 valence electrons. The van der Waals surface area contributed by atoms with Crippen LogP contribution < -0.4 is 15.4 Å². The second-order valence-electron chi connectivity index (χ2n) is 4.38. The van der Waals surface area contributed by atoms with Crippen molar-refractivity contribution in [2.45, 2.75) is 6.92 Å². The molecule has 2 aromatic rings. The van der Waals surface area contributed by atoms with Crippen molar-refractivity contribution in [1.82, 2.24) is 0 Å². The first-order chi connectivity index (χ1) is 10.1. The summed E-state index contributed by atoms with van der Waals surface area (Å²) >= 11 is 0. The number of carbonyl (C=O) groups excluding carboxylic acids is 2. The van der Waals surface area contributed by atoms with Crippen LogP contribution in [0.15, 0.2) is 54.6 Å². The van der Waals surface area contributed by atoms with Crippen LogP contribution in [0.1, 0.15) is 6.92 Å². The lowest BCUT2D eigenvalue weighted by Crippen LogP contribution is -2.20. The summed E-state index contributed by atoms with van der Waals surface area (Å²) in [6.07, 6.45) is 0. The van der Waals surface area contributed by atoms with Crippen molar-refractivity contribution in [1.29, 1.82) is 0 Å². The van der Waals surface area contributed by atoms with E-state index in [2.05, 4.69) is 10.6 Å². The van der Waals surface area contributed by atoms with Gasteiger partial charge in [0.25, 0.3) is 5.91 Å². The van der Waals surface area contributed by atoms with Gasteiger partial charge in [-0.15, -0.1) is 0 Å². The molecular weight excluding hydrogens is 268 g/mol. The van der Waals surface area contributed by atoms with Crippen molar-refractivity contribution in [2.75, 3.05) is 17.2 Å². The minimum Gasteiger partial charge on any atom is -0.482 e. The SMILES string of the molecule is CC(=O)Nc1ccccc1OCC(=O)Nc1ccccc1. The molecule has 2 amide bonds. The van der Waals surface area contributed by atoms with Crippen LogP contribution in [0.25, 0.3) is 0 Å². The maximum Gasteiger partial charge on any atom is 0.262 e. The molecule has 0 heterocycles. The number of hydrogen-bond donors (Lipinski definition) is 2. The molecule has 0 spiro atoms. The maximum atomic E-state index is 11.8. The fourth-order valence-electron chi connectivity index (χ4n) is 1.75. The number of carbonyl (C=O) groups is 2. The minimum atomic E-state index is -0.265. The molecule has 0 bridgehead atoms. The molecule has 2 aromatic carbocycles. The number of amides is 2. The molecule has 0 saturated carbocycles. The topological polar surface area (TPSA) is 67.4 Å². The number of benzene rings is 2. The summed E-state index contributed by atoms with van der Waals surface area (Å²) < 4.78 is 5.45. The smallest absolute Gasteiger partial charge is 0.262 e. The Labute approximate surface area is 122 Å². The first-order valence-corrected chi connectivity index (χ1v) is 6.49. The Morgan fingerprint density at radius 3 is 2.33 bits per heavy atom. The number of hydrogen-bond acceptors (Lipinski definition) is 3. The molecular formula is C16H16N2O3.